The summed E-state index contributed by atoms with van der Waals surface area (Å²) in [6.07, 6.45) is 4.97. The lowest BCUT2D eigenvalue weighted by molar-refractivity contribution is -0.0346. The van der Waals surface area contributed by atoms with Crippen molar-refractivity contribution in [3.63, 3.8) is 0 Å². The largest absolute Gasteiger partial charge is 0.375 e. The molecule has 0 heterocycles. The molecule has 2 N–H and O–H groups in total. The van der Waals surface area contributed by atoms with E-state index in [1.807, 2.05) is 0 Å². The fourth-order valence-electron chi connectivity index (χ4n) is 1.96. The van der Waals surface area contributed by atoms with E-state index in [1.165, 1.54) is 25.7 Å². The van der Waals surface area contributed by atoms with E-state index in [0.717, 1.165) is 6.61 Å². The molecular weight excluding hydrogens is 162 g/mol. The lowest BCUT2D eigenvalue weighted by Gasteiger charge is -2.28. The van der Waals surface area contributed by atoms with Crippen LogP contribution in [0.25, 0.3) is 0 Å². The van der Waals surface area contributed by atoms with Gasteiger partial charge in [0.05, 0.1) is 12.2 Å². The highest BCUT2D eigenvalue weighted by Crippen LogP contribution is 2.62. The highest BCUT2D eigenvalue weighted by Gasteiger charge is 2.63. The molecule has 0 radical (unpaired) electrons. The molecule has 2 nitrogen and oxygen atoms in total. The van der Waals surface area contributed by atoms with Crippen LogP contribution in [-0.2, 0) is 4.74 Å². The van der Waals surface area contributed by atoms with Crippen LogP contribution >= 0.6 is 0 Å². The minimum atomic E-state index is -0.0131. The van der Waals surface area contributed by atoms with Gasteiger partial charge in [0.25, 0.3) is 0 Å². The van der Waals surface area contributed by atoms with E-state index in [0.29, 0.717) is 5.41 Å². The maximum Gasteiger partial charge on any atom is 0.0598 e. The van der Waals surface area contributed by atoms with Crippen molar-refractivity contribution in [1.82, 2.24) is 0 Å². The van der Waals surface area contributed by atoms with Gasteiger partial charge in [0, 0.05) is 11.0 Å². The van der Waals surface area contributed by atoms with Crippen LogP contribution in [0.4, 0.5) is 0 Å². The third-order valence-electron chi connectivity index (χ3n) is 3.48. The SMILES string of the molecule is CC(C)(C)OCC1(C2(N)CC2)CC1. The van der Waals surface area contributed by atoms with Gasteiger partial charge in [-0.3, -0.25) is 0 Å². The summed E-state index contributed by atoms with van der Waals surface area (Å²) in [6.45, 7) is 7.20. The van der Waals surface area contributed by atoms with Crippen LogP contribution in [0, 0.1) is 5.41 Å². The molecule has 0 unspecified atom stereocenters. The van der Waals surface area contributed by atoms with Crippen molar-refractivity contribution in [2.45, 2.75) is 57.6 Å². The average molecular weight is 183 g/mol. The molecular formula is C11H21NO. The zero-order valence-corrected chi connectivity index (χ0v) is 9.02. The number of nitrogens with two attached hydrogens (primary N) is 1. The first kappa shape index (κ1) is 9.47. The minimum Gasteiger partial charge on any atom is -0.375 e. The van der Waals surface area contributed by atoms with Gasteiger partial charge in [0.2, 0.25) is 0 Å². The van der Waals surface area contributed by atoms with Gasteiger partial charge in [-0.15, -0.1) is 0 Å². The van der Waals surface area contributed by atoms with E-state index in [9.17, 15) is 0 Å². The molecule has 2 aliphatic rings. The Kier molecular flexibility index (Phi) is 1.81. The van der Waals surface area contributed by atoms with Crippen molar-refractivity contribution in [3.8, 4) is 0 Å². The fraction of sp³-hybridized carbons (Fsp3) is 1.00. The van der Waals surface area contributed by atoms with Gasteiger partial charge in [-0.25, -0.2) is 0 Å². The number of hydrogen-bond donors (Lipinski definition) is 1. The predicted octanol–water partition coefficient (Wildman–Crippen LogP) is 2.07. The second-order valence-corrected chi connectivity index (χ2v) is 5.84. The molecule has 13 heavy (non-hydrogen) atoms. The first-order valence-electron chi connectivity index (χ1n) is 5.30. The predicted molar refractivity (Wildman–Crippen MR) is 53.5 cm³/mol. The third kappa shape index (κ3) is 1.75. The Hall–Kier alpha value is -0.0800. The van der Waals surface area contributed by atoms with E-state index in [2.05, 4.69) is 20.8 Å². The Bertz CT molecular complexity index is 209. The number of hydrogen-bond acceptors (Lipinski definition) is 2. The van der Waals surface area contributed by atoms with Gasteiger partial charge >= 0.3 is 0 Å². The van der Waals surface area contributed by atoms with E-state index in [1.54, 1.807) is 0 Å². The van der Waals surface area contributed by atoms with E-state index in [-0.39, 0.29) is 11.1 Å². The van der Waals surface area contributed by atoms with Crippen molar-refractivity contribution in [2.75, 3.05) is 6.61 Å². The Balaban J connectivity index is 1.88. The molecule has 0 saturated heterocycles. The summed E-state index contributed by atoms with van der Waals surface area (Å²) in [5.41, 5.74) is 6.74. The summed E-state index contributed by atoms with van der Waals surface area (Å²) < 4.78 is 5.84. The van der Waals surface area contributed by atoms with Gasteiger partial charge in [-0.2, -0.15) is 0 Å². The molecule has 2 saturated carbocycles. The summed E-state index contributed by atoms with van der Waals surface area (Å²) in [5.74, 6) is 0. The lowest BCUT2D eigenvalue weighted by Crippen LogP contribution is -2.39. The van der Waals surface area contributed by atoms with Crippen molar-refractivity contribution in [2.24, 2.45) is 11.1 Å². The van der Waals surface area contributed by atoms with Crippen LogP contribution in [0.3, 0.4) is 0 Å². The molecule has 2 heteroatoms. The summed E-state index contributed by atoms with van der Waals surface area (Å²) in [4.78, 5) is 0. The quantitative estimate of drug-likeness (QED) is 0.727. The van der Waals surface area contributed by atoms with Gasteiger partial charge in [-0.05, 0) is 46.5 Å². The van der Waals surface area contributed by atoms with E-state index < -0.39 is 0 Å². The van der Waals surface area contributed by atoms with Crippen molar-refractivity contribution < 1.29 is 4.74 Å². The average Bonchev–Trinajstić information content (AvgIpc) is 2.78. The van der Waals surface area contributed by atoms with Gasteiger partial charge in [0.1, 0.15) is 0 Å². The highest BCUT2D eigenvalue weighted by molar-refractivity contribution is 5.19. The van der Waals surface area contributed by atoms with E-state index in [4.69, 9.17) is 10.5 Å². The Morgan fingerprint density at radius 2 is 1.69 bits per heavy atom. The first-order chi connectivity index (χ1) is 5.87. The molecule has 0 bridgehead atoms. The molecule has 76 valence electrons. The normalized spacial score (nSPS) is 28.6. The second-order valence-electron chi connectivity index (χ2n) is 5.84. The summed E-state index contributed by atoms with van der Waals surface area (Å²) >= 11 is 0. The Labute approximate surface area is 80.8 Å². The number of rotatable bonds is 3. The zero-order valence-electron chi connectivity index (χ0n) is 9.02. The first-order valence-corrected chi connectivity index (χ1v) is 5.30. The van der Waals surface area contributed by atoms with Gasteiger partial charge in [0.15, 0.2) is 0 Å². The molecule has 0 spiro atoms. The summed E-state index contributed by atoms with van der Waals surface area (Å²) in [7, 11) is 0. The molecule has 2 rings (SSSR count). The maximum atomic E-state index is 6.24. The van der Waals surface area contributed by atoms with Gasteiger partial charge in [-0.1, -0.05) is 0 Å². The van der Waals surface area contributed by atoms with Crippen LogP contribution in [0.2, 0.25) is 0 Å². The number of ether oxygens (including phenoxy) is 1. The summed E-state index contributed by atoms with van der Waals surface area (Å²) in [6, 6.07) is 0. The maximum absolute atomic E-state index is 6.24. The molecule has 0 amide bonds. The Morgan fingerprint density at radius 1 is 1.15 bits per heavy atom. The summed E-state index contributed by atoms with van der Waals surface area (Å²) in [5, 5.41) is 0. The third-order valence-corrected chi connectivity index (χ3v) is 3.48. The monoisotopic (exact) mass is 183 g/mol. The topological polar surface area (TPSA) is 35.2 Å². The van der Waals surface area contributed by atoms with Crippen LogP contribution in [-0.4, -0.2) is 17.7 Å². The molecule has 0 aliphatic heterocycles. The van der Waals surface area contributed by atoms with Crippen molar-refractivity contribution in [3.05, 3.63) is 0 Å². The van der Waals surface area contributed by atoms with Crippen LogP contribution in [0.1, 0.15) is 46.5 Å². The van der Waals surface area contributed by atoms with Crippen LogP contribution in [0.15, 0.2) is 0 Å². The van der Waals surface area contributed by atoms with Crippen molar-refractivity contribution in [1.29, 1.82) is 0 Å². The fourth-order valence-corrected chi connectivity index (χ4v) is 1.96. The molecule has 2 fully saturated rings. The van der Waals surface area contributed by atoms with Crippen molar-refractivity contribution >= 4 is 0 Å². The standard InChI is InChI=1S/C11H21NO/c1-9(2,3)13-8-10(4-5-10)11(12)6-7-11/h4-8,12H2,1-3H3. The molecule has 0 aromatic rings. The van der Waals surface area contributed by atoms with Crippen LogP contribution in [0.5, 0.6) is 0 Å². The molecule has 0 aromatic heterocycles. The molecule has 2 aliphatic carbocycles. The smallest absolute Gasteiger partial charge is 0.0598 e. The van der Waals surface area contributed by atoms with Gasteiger partial charge < -0.3 is 10.5 Å². The second kappa shape index (κ2) is 2.48. The lowest BCUT2D eigenvalue weighted by atomic mass is 9.95. The highest BCUT2D eigenvalue weighted by atomic mass is 16.5. The van der Waals surface area contributed by atoms with Crippen LogP contribution < -0.4 is 5.73 Å². The molecule has 0 aromatic carbocycles. The minimum absolute atomic E-state index is 0.0131. The van der Waals surface area contributed by atoms with E-state index >= 15 is 0 Å². The molecule has 0 atom stereocenters. The Morgan fingerprint density at radius 3 is 2.00 bits per heavy atom. The zero-order chi connectivity index (χ0) is 9.74.